The summed E-state index contributed by atoms with van der Waals surface area (Å²) in [6.45, 7) is 8.92. The first kappa shape index (κ1) is 17.4. The molecule has 0 saturated carbocycles. The minimum Gasteiger partial charge on any atom is -0.493 e. The Balaban J connectivity index is 2.24. The second-order valence-electron chi connectivity index (χ2n) is 7.19. The molecule has 2 nitrogen and oxygen atoms in total. The first-order valence-electron chi connectivity index (χ1n) is 8.82. The lowest BCUT2D eigenvalue weighted by Crippen LogP contribution is -2.14. The maximum Gasteiger partial charge on any atom is 0.161 e. The van der Waals surface area contributed by atoms with Gasteiger partial charge in [0, 0.05) is 11.1 Å². The summed E-state index contributed by atoms with van der Waals surface area (Å²) >= 11 is 0. The largest absolute Gasteiger partial charge is 0.493 e. The number of aryl methyl sites for hydroxylation is 2. The molecule has 1 aliphatic rings. The Hall–Kier alpha value is -2.40. The van der Waals surface area contributed by atoms with Crippen molar-refractivity contribution in [3.05, 3.63) is 57.6 Å². The van der Waals surface area contributed by atoms with Crippen LogP contribution in [0.2, 0.25) is 0 Å². The van der Waals surface area contributed by atoms with Crippen LogP contribution in [0.4, 0.5) is 0 Å². The van der Waals surface area contributed by atoms with Crippen molar-refractivity contribution in [3.8, 4) is 23.3 Å². The second kappa shape index (κ2) is 6.84. The lowest BCUT2D eigenvalue weighted by Gasteiger charge is -2.26. The number of rotatable bonds is 3. The van der Waals surface area contributed by atoms with Crippen LogP contribution in [0.3, 0.4) is 0 Å². The van der Waals surface area contributed by atoms with E-state index in [4.69, 9.17) is 9.47 Å². The molecule has 130 valence electrons. The van der Waals surface area contributed by atoms with Crippen molar-refractivity contribution in [1.82, 2.24) is 0 Å². The highest BCUT2D eigenvalue weighted by atomic mass is 16.5. The lowest BCUT2D eigenvalue weighted by molar-refractivity contribution is 0.354. The summed E-state index contributed by atoms with van der Waals surface area (Å²) in [5.74, 6) is 9.25. The standard InChI is InChI=1S/C23H26O2/c1-14(2)20-11-19-13-23(25-6)22(24-5)12-17(19)7-8-18-9-15(3)16(4)10-21(18)20/h9-10,12-14,20H,11H2,1-6H3. The fraction of sp³-hybridized carbons (Fsp3) is 0.391. The van der Waals surface area contributed by atoms with Gasteiger partial charge in [-0.3, -0.25) is 0 Å². The first-order valence-corrected chi connectivity index (χ1v) is 8.82. The molecule has 3 rings (SSSR count). The summed E-state index contributed by atoms with van der Waals surface area (Å²) < 4.78 is 11.0. The van der Waals surface area contributed by atoms with Gasteiger partial charge in [-0.05, 0) is 72.6 Å². The van der Waals surface area contributed by atoms with Gasteiger partial charge in [0.15, 0.2) is 11.5 Å². The van der Waals surface area contributed by atoms with Crippen molar-refractivity contribution < 1.29 is 9.47 Å². The van der Waals surface area contributed by atoms with Crippen LogP contribution >= 0.6 is 0 Å². The molecule has 1 aliphatic carbocycles. The van der Waals surface area contributed by atoms with Crippen molar-refractivity contribution in [1.29, 1.82) is 0 Å². The van der Waals surface area contributed by atoms with E-state index >= 15 is 0 Å². The predicted octanol–water partition coefficient (Wildman–Crippen LogP) is 5.02. The molecule has 0 amide bonds. The summed E-state index contributed by atoms with van der Waals surface area (Å²) in [5.41, 5.74) is 7.41. The average Bonchev–Trinajstić information content (AvgIpc) is 2.58. The maximum absolute atomic E-state index is 5.50. The van der Waals surface area contributed by atoms with Gasteiger partial charge in [0.25, 0.3) is 0 Å². The zero-order valence-electron chi connectivity index (χ0n) is 16.0. The molecule has 2 heteroatoms. The Bertz CT molecular complexity index is 866. The molecular weight excluding hydrogens is 308 g/mol. The van der Waals surface area contributed by atoms with Gasteiger partial charge in [0.1, 0.15) is 0 Å². The third-order valence-corrected chi connectivity index (χ3v) is 5.25. The van der Waals surface area contributed by atoms with E-state index in [0.29, 0.717) is 11.8 Å². The summed E-state index contributed by atoms with van der Waals surface area (Å²) in [5, 5.41) is 0. The fourth-order valence-corrected chi connectivity index (χ4v) is 3.54. The van der Waals surface area contributed by atoms with Crippen molar-refractivity contribution in [2.24, 2.45) is 5.92 Å². The molecule has 0 aromatic heterocycles. The normalized spacial score (nSPS) is 15.4. The third-order valence-electron chi connectivity index (χ3n) is 5.25. The Morgan fingerprint density at radius 2 is 1.48 bits per heavy atom. The Labute approximate surface area is 151 Å². The van der Waals surface area contributed by atoms with Crippen LogP contribution in [0.1, 0.15) is 53.1 Å². The molecule has 2 aromatic rings. The van der Waals surface area contributed by atoms with Crippen LogP contribution in [0.15, 0.2) is 24.3 Å². The third kappa shape index (κ3) is 3.24. The molecular formula is C23H26O2. The smallest absolute Gasteiger partial charge is 0.161 e. The minimum atomic E-state index is 0.431. The number of hydrogen-bond donors (Lipinski definition) is 0. The first-order chi connectivity index (χ1) is 11.9. The van der Waals surface area contributed by atoms with Crippen molar-refractivity contribution in [2.45, 2.75) is 40.0 Å². The Kier molecular flexibility index (Phi) is 4.77. The van der Waals surface area contributed by atoms with E-state index in [2.05, 4.69) is 57.7 Å². The predicted molar refractivity (Wildman–Crippen MR) is 103 cm³/mol. The number of hydrogen-bond acceptors (Lipinski definition) is 2. The van der Waals surface area contributed by atoms with Crippen LogP contribution in [0, 0.1) is 31.6 Å². The van der Waals surface area contributed by atoms with Crippen molar-refractivity contribution >= 4 is 0 Å². The maximum atomic E-state index is 5.50. The van der Waals surface area contributed by atoms with E-state index in [1.54, 1.807) is 14.2 Å². The van der Waals surface area contributed by atoms with Gasteiger partial charge >= 0.3 is 0 Å². The topological polar surface area (TPSA) is 18.5 Å². The summed E-state index contributed by atoms with van der Waals surface area (Å²) in [6.07, 6.45) is 0.956. The van der Waals surface area contributed by atoms with Gasteiger partial charge in [-0.2, -0.15) is 0 Å². The van der Waals surface area contributed by atoms with Gasteiger partial charge in [-0.25, -0.2) is 0 Å². The van der Waals surface area contributed by atoms with Gasteiger partial charge in [0.05, 0.1) is 14.2 Å². The molecule has 0 N–H and O–H groups in total. The number of methoxy groups -OCH3 is 2. The molecule has 1 atom stereocenters. The molecule has 2 aromatic carbocycles. The van der Waals surface area contributed by atoms with Crippen molar-refractivity contribution in [3.63, 3.8) is 0 Å². The van der Waals surface area contributed by atoms with Crippen LogP contribution in [0.25, 0.3) is 0 Å². The number of fused-ring (bicyclic) bond motifs is 2. The van der Waals surface area contributed by atoms with Crippen molar-refractivity contribution in [2.75, 3.05) is 14.2 Å². The summed E-state index contributed by atoms with van der Waals surface area (Å²) in [6, 6.07) is 8.66. The van der Waals surface area contributed by atoms with Crippen LogP contribution < -0.4 is 9.47 Å². The molecule has 0 saturated heterocycles. The van der Waals surface area contributed by atoms with Gasteiger partial charge in [0.2, 0.25) is 0 Å². The summed E-state index contributed by atoms with van der Waals surface area (Å²) in [7, 11) is 3.35. The molecule has 0 spiro atoms. The number of benzene rings is 2. The van der Waals surface area contributed by atoms with Gasteiger partial charge in [-0.1, -0.05) is 31.8 Å². The minimum absolute atomic E-state index is 0.431. The average molecular weight is 334 g/mol. The van der Waals surface area contributed by atoms with Gasteiger partial charge < -0.3 is 9.47 Å². The summed E-state index contributed by atoms with van der Waals surface area (Å²) in [4.78, 5) is 0. The van der Waals surface area contributed by atoms with Crippen LogP contribution in [-0.4, -0.2) is 14.2 Å². The van der Waals surface area contributed by atoms with E-state index in [-0.39, 0.29) is 0 Å². The quantitative estimate of drug-likeness (QED) is 0.734. The zero-order valence-corrected chi connectivity index (χ0v) is 16.0. The monoisotopic (exact) mass is 334 g/mol. The highest BCUT2D eigenvalue weighted by Crippen LogP contribution is 2.37. The molecule has 25 heavy (non-hydrogen) atoms. The molecule has 1 unspecified atom stereocenters. The van der Waals surface area contributed by atoms with E-state index < -0.39 is 0 Å². The highest BCUT2D eigenvalue weighted by Gasteiger charge is 2.23. The van der Waals surface area contributed by atoms with E-state index in [1.807, 2.05) is 6.07 Å². The molecule has 0 radical (unpaired) electrons. The Morgan fingerprint density at radius 3 is 2.12 bits per heavy atom. The Morgan fingerprint density at radius 1 is 0.880 bits per heavy atom. The SMILES string of the molecule is COc1cc2c(cc1OC)CC(C(C)C)c1cc(C)c(C)cc1C#C2. The molecule has 0 bridgehead atoms. The lowest BCUT2D eigenvalue weighted by atomic mass is 9.78. The van der Waals surface area contributed by atoms with E-state index in [1.165, 1.54) is 22.3 Å². The highest BCUT2D eigenvalue weighted by molar-refractivity contribution is 5.59. The van der Waals surface area contributed by atoms with E-state index in [9.17, 15) is 0 Å². The molecule has 0 heterocycles. The fourth-order valence-electron chi connectivity index (χ4n) is 3.54. The van der Waals surface area contributed by atoms with Crippen LogP contribution in [0.5, 0.6) is 11.5 Å². The second-order valence-corrected chi connectivity index (χ2v) is 7.19. The zero-order chi connectivity index (χ0) is 18.1. The number of ether oxygens (including phenoxy) is 2. The van der Waals surface area contributed by atoms with Crippen LogP contribution in [-0.2, 0) is 6.42 Å². The van der Waals surface area contributed by atoms with Gasteiger partial charge in [-0.15, -0.1) is 0 Å². The molecule has 0 fully saturated rings. The molecule has 0 aliphatic heterocycles. The van der Waals surface area contributed by atoms with E-state index in [0.717, 1.165) is 29.0 Å².